The molecule has 1 aliphatic heterocycles. The van der Waals surface area contributed by atoms with E-state index >= 15 is 0 Å². The van der Waals surface area contributed by atoms with E-state index in [-0.39, 0.29) is 11.7 Å². The summed E-state index contributed by atoms with van der Waals surface area (Å²) >= 11 is 11.9. The minimum Gasteiger partial charge on any atom is -0.286 e. The third-order valence-corrected chi connectivity index (χ3v) is 7.47. The van der Waals surface area contributed by atoms with Crippen LogP contribution < -0.4 is 0 Å². The van der Waals surface area contributed by atoms with Crippen LogP contribution in [0.5, 0.6) is 0 Å². The molecule has 1 fully saturated rings. The Bertz CT molecular complexity index is 1080. The molecule has 9 heteroatoms. The second-order valence-corrected chi connectivity index (χ2v) is 9.45. The first-order valence-electron chi connectivity index (χ1n) is 8.65. The van der Waals surface area contributed by atoms with Crippen LogP contribution in [-0.2, 0) is 15.8 Å². The molecule has 0 saturated carbocycles. The standard InChI is InChI=1S/C18H18Cl2N4O2S/c19-15-5-4-13(11-16(15)20)12-27(25,26)23-9-6-14(7-10-23)18-22-21-17-3-1-2-8-24(17)18/h1-5,8,11,14H,6-7,9-10,12H2. The van der Waals surface area contributed by atoms with Gasteiger partial charge in [0, 0.05) is 25.2 Å². The quantitative estimate of drug-likeness (QED) is 0.639. The number of hydrogen-bond acceptors (Lipinski definition) is 4. The van der Waals surface area contributed by atoms with Gasteiger partial charge in [0.25, 0.3) is 0 Å². The van der Waals surface area contributed by atoms with E-state index in [0.29, 0.717) is 28.7 Å². The molecule has 1 aromatic carbocycles. The Morgan fingerprint density at radius 2 is 1.81 bits per heavy atom. The molecule has 1 aliphatic rings. The Labute approximate surface area is 167 Å². The van der Waals surface area contributed by atoms with Gasteiger partial charge < -0.3 is 0 Å². The fourth-order valence-corrected chi connectivity index (χ4v) is 5.33. The Morgan fingerprint density at radius 1 is 1.04 bits per heavy atom. The van der Waals surface area contributed by atoms with Crippen LogP contribution in [0, 0.1) is 0 Å². The highest BCUT2D eigenvalue weighted by molar-refractivity contribution is 7.88. The van der Waals surface area contributed by atoms with Crippen LogP contribution in [0.4, 0.5) is 0 Å². The van der Waals surface area contributed by atoms with Crippen LogP contribution in [-0.4, -0.2) is 40.4 Å². The molecule has 0 atom stereocenters. The van der Waals surface area contributed by atoms with Gasteiger partial charge in [-0.2, -0.15) is 0 Å². The van der Waals surface area contributed by atoms with Crippen LogP contribution in [0.3, 0.4) is 0 Å². The number of rotatable bonds is 4. The van der Waals surface area contributed by atoms with Gasteiger partial charge in [0.2, 0.25) is 10.0 Å². The maximum Gasteiger partial charge on any atom is 0.218 e. The Balaban J connectivity index is 1.45. The molecule has 142 valence electrons. The van der Waals surface area contributed by atoms with Crippen molar-refractivity contribution in [3.63, 3.8) is 0 Å². The molecule has 0 spiro atoms. The maximum atomic E-state index is 12.8. The van der Waals surface area contributed by atoms with Crippen molar-refractivity contribution in [1.82, 2.24) is 18.9 Å². The molecule has 2 aromatic heterocycles. The van der Waals surface area contributed by atoms with Gasteiger partial charge in [0.05, 0.1) is 15.8 Å². The van der Waals surface area contributed by atoms with Crippen molar-refractivity contribution in [2.75, 3.05) is 13.1 Å². The Morgan fingerprint density at radius 3 is 2.56 bits per heavy atom. The molecule has 6 nitrogen and oxygen atoms in total. The lowest BCUT2D eigenvalue weighted by molar-refractivity contribution is 0.312. The maximum absolute atomic E-state index is 12.8. The predicted molar refractivity (Wildman–Crippen MR) is 106 cm³/mol. The predicted octanol–water partition coefficient (Wildman–Crippen LogP) is 3.75. The molecule has 0 N–H and O–H groups in total. The lowest BCUT2D eigenvalue weighted by Gasteiger charge is -2.30. The van der Waals surface area contributed by atoms with Crippen molar-refractivity contribution in [2.45, 2.75) is 24.5 Å². The molecular weight excluding hydrogens is 407 g/mol. The molecule has 0 amide bonds. The average molecular weight is 425 g/mol. The van der Waals surface area contributed by atoms with E-state index < -0.39 is 10.0 Å². The van der Waals surface area contributed by atoms with Gasteiger partial charge in [-0.3, -0.25) is 4.40 Å². The molecule has 4 rings (SSSR count). The third kappa shape index (κ3) is 3.82. The molecule has 0 radical (unpaired) electrons. The van der Waals surface area contributed by atoms with Gasteiger partial charge in [0.1, 0.15) is 5.82 Å². The molecule has 3 heterocycles. The Kier molecular flexibility index (Phi) is 5.11. The van der Waals surface area contributed by atoms with Crippen LogP contribution in [0.1, 0.15) is 30.1 Å². The van der Waals surface area contributed by atoms with Gasteiger partial charge in [-0.15, -0.1) is 10.2 Å². The smallest absolute Gasteiger partial charge is 0.218 e. The second kappa shape index (κ2) is 7.39. The number of pyridine rings is 1. The minimum absolute atomic E-state index is 0.0809. The monoisotopic (exact) mass is 424 g/mol. The van der Waals surface area contributed by atoms with E-state index in [1.165, 1.54) is 0 Å². The van der Waals surface area contributed by atoms with E-state index in [0.717, 1.165) is 24.3 Å². The van der Waals surface area contributed by atoms with Crippen molar-refractivity contribution in [3.8, 4) is 0 Å². The average Bonchev–Trinajstić information content (AvgIpc) is 3.09. The summed E-state index contributed by atoms with van der Waals surface area (Å²) in [6.45, 7) is 0.937. The molecule has 1 saturated heterocycles. The first kappa shape index (κ1) is 18.7. The van der Waals surface area contributed by atoms with Crippen LogP contribution in [0.2, 0.25) is 10.0 Å². The minimum atomic E-state index is -3.41. The number of aromatic nitrogens is 3. The van der Waals surface area contributed by atoms with Gasteiger partial charge in [-0.1, -0.05) is 35.3 Å². The Hall–Kier alpha value is -1.67. The van der Waals surface area contributed by atoms with Gasteiger partial charge in [-0.25, -0.2) is 12.7 Å². The number of benzene rings is 1. The zero-order chi connectivity index (χ0) is 19.0. The summed E-state index contributed by atoms with van der Waals surface area (Å²) in [5.41, 5.74) is 1.44. The highest BCUT2D eigenvalue weighted by Crippen LogP contribution is 2.30. The first-order chi connectivity index (χ1) is 12.9. The van der Waals surface area contributed by atoms with E-state index in [1.807, 2.05) is 28.8 Å². The van der Waals surface area contributed by atoms with E-state index in [9.17, 15) is 8.42 Å². The SMILES string of the molecule is O=S(=O)(Cc1ccc(Cl)c(Cl)c1)N1CCC(c2nnc3ccccn23)CC1. The molecular formula is C18H18Cl2N4O2S. The van der Waals surface area contributed by atoms with Gasteiger partial charge >= 0.3 is 0 Å². The highest BCUT2D eigenvalue weighted by Gasteiger charge is 2.30. The summed E-state index contributed by atoms with van der Waals surface area (Å²) in [6.07, 6.45) is 3.38. The van der Waals surface area contributed by atoms with Crippen molar-refractivity contribution >= 4 is 38.9 Å². The van der Waals surface area contributed by atoms with Crippen LogP contribution in [0.25, 0.3) is 5.65 Å². The number of halogens is 2. The number of fused-ring (bicyclic) bond motifs is 1. The van der Waals surface area contributed by atoms with Crippen molar-refractivity contribution in [1.29, 1.82) is 0 Å². The lowest BCUT2D eigenvalue weighted by atomic mass is 9.97. The zero-order valence-electron chi connectivity index (χ0n) is 14.4. The van der Waals surface area contributed by atoms with E-state index in [4.69, 9.17) is 23.2 Å². The summed E-state index contributed by atoms with van der Waals surface area (Å²) in [5, 5.41) is 9.28. The summed E-state index contributed by atoms with van der Waals surface area (Å²) < 4.78 is 29.1. The lowest BCUT2D eigenvalue weighted by Crippen LogP contribution is -2.38. The number of hydrogen-bond donors (Lipinski definition) is 0. The fraction of sp³-hybridized carbons (Fsp3) is 0.333. The summed E-state index contributed by atoms with van der Waals surface area (Å²) in [4.78, 5) is 0. The summed E-state index contributed by atoms with van der Waals surface area (Å²) in [6, 6.07) is 10.7. The topological polar surface area (TPSA) is 67.6 Å². The first-order valence-corrected chi connectivity index (χ1v) is 11.0. The van der Waals surface area contributed by atoms with Crippen molar-refractivity contribution < 1.29 is 8.42 Å². The number of nitrogens with zero attached hydrogens (tertiary/aromatic N) is 4. The fourth-order valence-electron chi connectivity index (χ4n) is 3.46. The number of sulfonamides is 1. The van der Waals surface area contributed by atoms with Crippen LogP contribution in [0.15, 0.2) is 42.6 Å². The molecule has 0 unspecified atom stereocenters. The van der Waals surface area contributed by atoms with Crippen LogP contribution >= 0.6 is 23.2 Å². The van der Waals surface area contributed by atoms with Crippen molar-refractivity contribution in [3.05, 3.63) is 64.0 Å². The highest BCUT2D eigenvalue weighted by atomic mass is 35.5. The normalized spacial score (nSPS) is 16.8. The molecule has 27 heavy (non-hydrogen) atoms. The zero-order valence-corrected chi connectivity index (χ0v) is 16.8. The van der Waals surface area contributed by atoms with Gasteiger partial charge in [0.15, 0.2) is 5.65 Å². The van der Waals surface area contributed by atoms with Gasteiger partial charge in [-0.05, 0) is 42.7 Å². The largest absolute Gasteiger partial charge is 0.286 e. The summed E-state index contributed by atoms with van der Waals surface area (Å²) in [5.74, 6) is 1.01. The number of piperidine rings is 1. The van der Waals surface area contributed by atoms with E-state index in [2.05, 4.69) is 10.2 Å². The molecule has 3 aromatic rings. The van der Waals surface area contributed by atoms with Crippen molar-refractivity contribution in [2.24, 2.45) is 0 Å². The third-order valence-electron chi connectivity index (χ3n) is 4.89. The molecule has 0 aliphatic carbocycles. The van der Waals surface area contributed by atoms with E-state index in [1.54, 1.807) is 22.5 Å². The summed E-state index contributed by atoms with van der Waals surface area (Å²) in [7, 11) is -3.41. The second-order valence-electron chi connectivity index (χ2n) is 6.67. The molecule has 0 bridgehead atoms.